The smallest absolute Gasteiger partial charge is 0.0681 e. The minimum absolute atomic E-state index is 0.137. The molecule has 1 aromatic rings. The van der Waals surface area contributed by atoms with E-state index in [0.29, 0.717) is 6.04 Å². The maximum Gasteiger partial charge on any atom is 0.0681 e. The fraction of sp³-hybridized carbons (Fsp3) is 0.500. The van der Waals surface area contributed by atoms with Crippen molar-refractivity contribution in [3.8, 4) is 0 Å². The third-order valence-corrected chi connectivity index (χ3v) is 3.08. The predicted octanol–water partition coefficient (Wildman–Crippen LogP) is 1.95. The molecule has 0 radical (unpaired) electrons. The molecule has 0 aliphatic carbocycles. The molecule has 1 aromatic carbocycles. The quantitative estimate of drug-likeness (QED) is 0.789. The zero-order chi connectivity index (χ0) is 9.97. The number of aliphatic hydroxyl groups is 1. The van der Waals surface area contributed by atoms with Crippen LogP contribution in [-0.2, 0) is 6.61 Å². The highest BCUT2D eigenvalue weighted by atomic mass is 16.3. The molecule has 76 valence electrons. The lowest BCUT2D eigenvalue weighted by Crippen LogP contribution is -2.38. The summed E-state index contributed by atoms with van der Waals surface area (Å²) in [6.07, 6.45) is 1.33. The summed E-state index contributed by atoms with van der Waals surface area (Å²) in [6, 6.07) is 8.77. The van der Waals surface area contributed by atoms with Crippen molar-refractivity contribution in [2.24, 2.45) is 0 Å². The summed E-state index contributed by atoms with van der Waals surface area (Å²) in [6.45, 7) is 4.83. The molecule has 1 atom stereocenters. The van der Waals surface area contributed by atoms with Crippen LogP contribution in [0.25, 0.3) is 0 Å². The second-order valence-electron chi connectivity index (χ2n) is 3.97. The molecule has 0 bridgehead atoms. The summed E-state index contributed by atoms with van der Waals surface area (Å²) in [4.78, 5) is 2.47. The molecular weight excluding hydrogens is 174 g/mol. The molecule has 1 saturated heterocycles. The van der Waals surface area contributed by atoms with Crippen LogP contribution in [0.3, 0.4) is 0 Å². The van der Waals surface area contributed by atoms with Crippen molar-refractivity contribution in [3.05, 3.63) is 35.4 Å². The first-order valence-corrected chi connectivity index (χ1v) is 5.25. The Balaban J connectivity index is 2.07. The summed E-state index contributed by atoms with van der Waals surface area (Å²) < 4.78 is 0. The summed E-state index contributed by atoms with van der Waals surface area (Å²) in [5.41, 5.74) is 2.34. The van der Waals surface area contributed by atoms with Gasteiger partial charge in [-0.1, -0.05) is 24.3 Å². The van der Waals surface area contributed by atoms with Gasteiger partial charge < -0.3 is 5.11 Å². The zero-order valence-corrected chi connectivity index (χ0v) is 8.61. The Bertz CT molecular complexity index is 290. The lowest BCUT2D eigenvalue weighted by molar-refractivity contribution is 0.128. The van der Waals surface area contributed by atoms with E-state index in [9.17, 15) is 0 Å². The van der Waals surface area contributed by atoms with Crippen molar-refractivity contribution in [2.45, 2.75) is 26.0 Å². The van der Waals surface area contributed by atoms with Gasteiger partial charge >= 0.3 is 0 Å². The minimum atomic E-state index is 0.137. The van der Waals surface area contributed by atoms with Crippen LogP contribution < -0.4 is 0 Å². The van der Waals surface area contributed by atoms with Crippen molar-refractivity contribution in [1.82, 2.24) is 4.90 Å². The molecular formula is C12H17NO. The van der Waals surface area contributed by atoms with Gasteiger partial charge in [-0.3, -0.25) is 4.90 Å². The van der Waals surface area contributed by atoms with Gasteiger partial charge in [0.25, 0.3) is 0 Å². The molecule has 1 unspecified atom stereocenters. The monoisotopic (exact) mass is 191 g/mol. The van der Waals surface area contributed by atoms with E-state index in [4.69, 9.17) is 5.11 Å². The number of likely N-dealkylation sites (tertiary alicyclic amines) is 1. The molecule has 1 aliphatic heterocycles. The first-order valence-electron chi connectivity index (χ1n) is 5.25. The Kier molecular flexibility index (Phi) is 2.85. The highest BCUT2D eigenvalue weighted by molar-refractivity contribution is 5.24. The summed E-state index contributed by atoms with van der Waals surface area (Å²) in [7, 11) is 0. The average Bonchev–Trinajstić information content (AvgIpc) is 2.15. The minimum Gasteiger partial charge on any atom is -0.392 e. The van der Waals surface area contributed by atoms with Crippen LogP contribution in [0, 0.1) is 0 Å². The van der Waals surface area contributed by atoms with Gasteiger partial charge in [-0.15, -0.1) is 0 Å². The Morgan fingerprint density at radius 1 is 1.29 bits per heavy atom. The molecule has 1 fully saturated rings. The topological polar surface area (TPSA) is 23.5 Å². The highest BCUT2D eigenvalue weighted by Gasteiger charge is 2.20. The van der Waals surface area contributed by atoms with Gasteiger partial charge in [0.15, 0.2) is 0 Å². The SMILES string of the molecule is CC(c1ccc(CO)cc1)N1CCC1. The van der Waals surface area contributed by atoms with Gasteiger partial charge in [-0.05, 0) is 37.6 Å². The Hall–Kier alpha value is -0.860. The number of aliphatic hydroxyl groups excluding tert-OH is 1. The van der Waals surface area contributed by atoms with Crippen LogP contribution in [0.2, 0.25) is 0 Å². The van der Waals surface area contributed by atoms with E-state index >= 15 is 0 Å². The van der Waals surface area contributed by atoms with Gasteiger partial charge in [0.1, 0.15) is 0 Å². The molecule has 0 saturated carbocycles. The van der Waals surface area contributed by atoms with E-state index in [-0.39, 0.29) is 6.61 Å². The number of hydrogen-bond acceptors (Lipinski definition) is 2. The van der Waals surface area contributed by atoms with Crippen LogP contribution in [-0.4, -0.2) is 23.1 Å². The van der Waals surface area contributed by atoms with E-state index in [1.807, 2.05) is 12.1 Å². The molecule has 2 nitrogen and oxygen atoms in total. The first kappa shape index (κ1) is 9.69. The molecule has 1 heterocycles. The Labute approximate surface area is 85.2 Å². The van der Waals surface area contributed by atoms with E-state index in [1.54, 1.807) is 0 Å². The summed E-state index contributed by atoms with van der Waals surface area (Å²) >= 11 is 0. The van der Waals surface area contributed by atoms with E-state index < -0.39 is 0 Å². The van der Waals surface area contributed by atoms with Crippen molar-refractivity contribution in [2.75, 3.05) is 13.1 Å². The van der Waals surface area contributed by atoms with Crippen LogP contribution in [0.15, 0.2) is 24.3 Å². The lowest BCUT2D eigenvalue weighted by Gasteiger charge is -2.36. The van der Waals surface area contributed by atoms with Crippen molar-refractivity contribution in [1.29, 1.82) is 0 Å². The molecule has 2 heteroatoms. The van der Waals surface area contributed by atoms with Gasteiger partial charge in [0.05, 0.1) is 6.61 Å². The van der Waals surface area contributed by atoms with Gasteiger partial charge in [0, 0.05) is 6.04 Å². The van der Waals surface area contributed by atoms with Crippen molar-refractivity contribution in [3.63, 3.8) is 0 Å². The molecule has 14 heavy (non-hydrogen) atoms. The summed E-state index contributed by atoms with van der Waals surface area (Å²) in [5.74, 6) is 0. The van der Waals surface area contributed by atoms with Crippen molar-refractivity contribution < 1.29 is 5.11 Å². The number of benzene rings is 1. The normalized spacial score (nSPS) is 19.0. The third-order valence-electron chi connectivity index (χ3n) is 3.08. The fourth-order valence-corrected chi connectivity index (χ4v) is 1.84. The molecule has 1 aliphatic rings. The fourth-order valence-electron chi connectivity index (χ4n) is 1.84. The van der Waals surface area contributed by atoms with E-state index in [2.05, 4.69) is 24.0 Å². The third kappa shape index (κ3) is 1.81. The van der Waals surface area contributed by atoms with Crippen LogP contribution in [0.4, 0.5) is 0 Å². The average molecular weight is 191 g/mol. The van der Waals surface area contributed by atoms with Crippen LogP contribution in [0.5, 0.6) is 0 Å². The van der Waals surface area contributed by atoms with E-state index in [1.165, 1.54) is 25.1 Å². The summed E-state index contributed by atoms with van der Waals surface area (Å²) in [5, 5.41) is 8.92. The van der Waals surface area contributed by atoms with Crippen LogP contribution >= 0.6 is 0 Å². The van der Waals surface area contributed by atoms with Gasteiger partial charge in [0.2, 0.25) is 0 Å². The van der Waals surface area contributed by atoms with Gasteiger partial charge in [-0.2, -0.15) is 0 Å². The zero-order valence-electron chi connectivity index (χ0n) is 8.61. The number of nitrogens with zero attached hydrogens (tertiary/aromatic N) is 1. The Morgan fingerprint density at radius 2 is 1.93 bits per heavy atom. The van der Waals surface area contributed by atoms with Crippen molar-refractivity contribution >= 4 is 0 Å². The molecule has 0 amide bonds. The predicted molar refractivity (Wildman–Crippen MR) is 57.0 cm³/mol. The second-order valence-corrected chi connectivity index (χ2v) is 3.97. The largest absolute Gasteiger partial charge is 0.392 e. The molecule has 0 spiro atoms. The van der Waals surface area contributed by atoms with Gasteiger partial charge in [-0.25, -0.2) is 0 Å². The Morgan fingerprint density at radius 3 is 2.36 bits per heavy atom. The molecule has 2 rings (SSSR count). The maximum absolute atomic E-state index is 8.92. The second kappa shape index (κ2) is 4.11. The highest BCUT2D eigenvalue weighted by Crippen LogP contribution is 2.24. The number of hydrogen-bond donors (Lipinski definition) is 1. The maximum atomic E-state index is 8.92. The standard InChI is InChI=1S/C12H17NO/c1-10(13-7-2-8-13)12-5-3-11(9-14)4-6-12/h3-6,10,14H,2,7-9H2,1H3. The lowest BCUT2D eigenvalue weighted by atomic mass is 10.0. The molecule has 1 N–H and O–H groups in total. The van der Waals surface area contributed by atoms with Crippen LogP contribution in [0.1, 0.15) is 30.5 Å². The number of rotatable bonds is 3. The molecule has 0 aromatic heterocycles. The van der Waals surface area contributed by atoms with E-state index in [0.717, 1.165) is 5.56 Å². The first-order chi connectivity index (χ1) is 6.81.